The maximum atomic E-state index is 6.24. The van der Waals surface area contributed by atoms with Gasteiger partial charge in [0.05, 0.1) is 17.3 Å². The third-order valence-electron chi connectivity index (χ3n) is 3.84. The van der Waals surface area contributed by atoms with E-state index in [0.717, 1.165) is 21.7 Å². The van der Waals surface area contributed by atoms with E-state index in [-0.39, 0.29) is 0 Å². The number of thiazole rings is 1. The zero-order valence-corrected chi connectivity index (χ0v) is 15.5. The van der Waals surface area contributed by atoms with Gasteiger partial charge < -0.3 is 21.1 Å². The molecule has 0 amide bonds. The molecule has 3 heterocycles. The number of pyridine rings is 1. The van der Waals surface area contributed by atoms with Crippen LogP contribution in [0.15, 0.2) is 42.7 Å². The molecule has 8 nitrogen and oxygen atoms in total. The molecule has 4 rings (SSSR count). The zero-order chi connectivity index (χ0) is 18.8. The smallest absolute Gasteiger partial charge is 0.189 e. The molecule has 3 aromatic heterocycles. The SMILES string of the molecule is COc1ccc2nc(Nc3ncnc(Nc4cccc(C)n4)c3N)sc2c1. The molecule has 9 heteroatoms. The van der Waals surface area contributed by atoms with Crippen molar-refractivity contribution in [2.24, 2.45) is 0 Å². The molecule has 4 aromatic rings. The summed E-state index contributed by atoms with van der Waals surface area (Å²) in [6.07, 6.45) is 1.44. The molecular weight excluding hydrogens is 362 g/mol. The van der Waals surface area contributed by atoms with E-state index in [1.54, 1.807) is 7.11 Å². The van der Waals surface area contributed by atoms with Gasteiger partial charge in [-0.25, -0.2) is 19.9 Å². The summed E-state index contributed by atoms with van der Waals surface area (Å²) in [4.78, 5) is 17.4. The summed E-state index contributed by atoms with van der Waals surface area (Å²) in [7, 11) is 1.64. The largest absolute Gasteiger partial charge is 0.497 e. The van der Waals surface area contributed by atoms with Crippen LogP contribution in [0.4, 0.5) is 28.3 Å². The highest BCUT2D eigenvalue weighted by molar-refractivity contribution is 7.22. The maximum Gasteiger partial charge on any atom is 0.189 e. The van der Waals surface area contributed by atoms with Crippen LogP contribution in [0.25, 0.3) is 10.2 Å². The highest BCUT2D eigenvalue weighted by Gasteiger charge is 2.12. The molecule has 0 saturated carbocycles. The number of benzene rings is 1. The third kappa shape index (κ3) is 3.58. The number of nitrogens with zero attached hydrogens (tertiary/aromatic N) is 4. The number of anilines is 5. The first-order valence-electron chi connectivity index (χ1n) is 8.15. The normalized spacial score (nSPS) is 10.7. The van der Waals surface area contributed by atoms with Gasteiger partial charge >= 0.3 is 0 Å². The van der Waals surface area contributed by atoms with Crippen molar-refractivity contribution in [1.29, 1.82) is 0 Å². The highest BCUT2D eigenvalue weighted by Crippen LogP contribution is 2.33. The molecule has 0 aliphatic rings. The van der Waals surface area contributed by atoms with Gasteiger partial charge in [-0.3, -0.25) is 0 Å². The Labute approximate surface area is 159 Å². The summed E-state index contributed by atoms with van der Waals surface area (Å²) in [5.41, 5.74) is 8.40. The third-order valence-corrected chi connectivity index (χ3v) is 4.77. The lowest BCUT2D eigenvalue weighted by molar-refractivity contribution is 0.415. The number of nitrogens with one attached hydrogen (secondary N) is 2. The van der Waals surface area contributed by atoms with E-state index in [1.165, 1.54) is 17.7 Å². The predicted octanol–water partition coefficient (Wildman–Crippen LogP) is 3.87. The molecule has 0 fully saturated rings. The first-order valence-corrected chi connectivity index (χ1v) is 8.97. The van der Waals surface area contributed by atoms with Crippen LogP contribution in [0.3, 0.4) is 0 Å². The summed E-state index contributed by atoms with van der Waals surface area (Å²) in [5.74, 6) is 2.41. The minimum atomic E-state index is 0.387. The van der Waals surface area contributed by atoms with Gasteiger partial charge in [0.2, 0.25) is 0 Å². The number of aromatic nitrogens is 4. The van der Waals surface area contributed by atoms with Crippen molar-refractivity contribution in [3.8, 4) is 5.75 Å². The summed E-state index contributed by atoms with van der Waals surface area (Å²) >= 11 is 1.49. The molecule has 0 saturated heterocycles. The van der Waals surface area contributed by atoms with Crippen LogP contribution < -0.4 is 21.1 Å². The summed E-state index contributed by atoms with van der Waals surface area (Å²) < 4.78 is 6.26. The number of rotatable bonds is 5. The Morgan fingerprint density at radius 2 is 1.85 bits per heavy atom. The van der Waals surface area contributed by atoms with Crippen LogP contribution in [0.1, 0.15) is 5.69 Å². The molecule has 0 unspecified atom stereocenters. The van der Waals surface area contributed by atoms with Gasteiger partial charge in [0.25, 0.3) is 0 Å². The molecule has 4 N–H and O–H groups in total. The van der Waals surface area contributed by atoms with Crippen molar-refractivity contribution in [2.45, 2.75) is 6.92 Å². The topological polar surface area (TPSA) is 111 Å². The Morgan fingerprint density at radius 3 is 2.63 bits per heavy atom. The van der Waals surface area contributed by atoms with Gasteiger partial charge in [-0.1, -0.05) is 17.4 Å². The van der Waals surface area contributed by atoms with Crippen LogP contribution in [0, 0.1) is 6.92 Å². The van der Waals surface area contributed by atoms with E-state index in [9.17, 15) is 0 Å². The molecular formula is C18H17N7OS. The number of ether oxygens (including phenoxy) is 1. The van der Waals surface area contributed by atoms with Gasteiger partial charge in [-0.15, -0.1) is 0 Å². The molecule has 0 bridgehead atoms. The lowest BCUT2D eigenvalue weighted by atomic mass is 10.3. The second-order valence-corrected chi connectivity index (χ2v) is 6.78. The fourth-order valence-corrected chi connectivity index (χ4v) is 3.41. The second-order valence-electron chi connectivity index (χ2n) is 5.75. The van der Waals surface area contributed by atoms with E-state index in [4.69, 9.17) is 10.5 Å². The molecule has 0 atom stereocenters. The minimum Gasteiger partial charge on any atom is -0.497 e. The van der Waals surface area contributed by atoms with Crippen LogP contribution in [0.5, 0.6) is 5.75 Å². The van der Waals surface area contributed by atoms with E-state index in [2.05, 4.69) is 30.6 Å². The predicted molar refractivity (Wildman–Crippen MR) is 108 cm³/mol. The first-order chi connectivity index (χ1) is 13.1. The van der Waals surface area contributed by atoms with Gasteiger partial charge in [-0.2, -0.15) is 0 Å². The average molecular weight is 379 g/mol. The lowest BCUT2D eigenvalue weighted by Gasteiger charge is -2.11. The number of methoxy groups -OCH3 is 1. The maximum absolute atomic E-state index is 6.24. The standard InChI is InChI=1S/C18H17N7OS/c1-10-4-3-5-14(22-10)24-16-15(19)17(21-9-20-16)25-18-23-12-7-6-11(26-2)8-13(12)27-18/h3-9H,19H2,1-2H3,(H2,20,21,22,23,24,25). The van der Waals surface area contributed by atoms with Crippen molar-refractivity contribution in [3.63, 3.8) is 0 Å². The van der Waals surface area contributed by atoms with Crippen LogP contribution in [0.2, 0.25) is 0 Å². The Bertz CT molecular complexity index is 1110. The quantitative estimate of drug-likeness (QED) is 0.479. The van der Waals surface area contributed by atoms with Crippen LogP contribution in [-0.4, -0.2) is 27.0 Å². The van der Waals surface area contributed by atoms with Gasteiger partial charge in [0.15, 0.2) is 16.8 Å². The van der Waals surface area contributed by atoms with E-state index >= 15 is 0 Å². The van der Waals surface area contributed by atoms with E-state index in [1.807, 2.05) is 43.3 Å². The van der Waals surface area contributed by atoms with Gasteiger partial charge in [0, 0.05) is 5.69 Å². The Kier molecular flexibility index (Phi) is 4.43. The summed E-state index contributed by atoms with van der Waals surface area (Å²) in [6.45, 7) is 1.92. The molecule has 0 aliphatic heterocycles. The fraction of sp³-hybridized carbons (Fsp3) is 0.111. The Morgan fingerprint density at radius 1 is 1.04 bits per heavy atom. The average Bonchev–Trinajstić information content (AvgIpc) is 3.06. The monoisotopic (exact) mass is 379 g/mol. The molecule has 0 aliphatic carbocycles. The van der Waals surface area contributed by atoms with E-state index in [0.29, 0.717) is 28.3 Å². The molecule has 27 heavy (non-hydrogen) atoms. The fourth-order valence-electron chi connectivity index (χ4n) is 2.52. The number of hydrogen-bond acceptors (Lipinski definition) is 9. The van der Waals surface area contributed by atoms with Crippen LogP contribution >= 0.6 is 11.3 Å². The number of fused-ring (bicyclic) bond motifs is 1. The minimum absolute atomic E-state index is 0.387. The summed E-state index contributed by atoms with van der Waals surface area (Å²) in [6, 6.07) is 11.4. The lowest BCUT2D eigenvalue weighted by Crippen LogP contribution is -2.05. The first kappa shape index (κ1) is 17.0. The molecule has 0 spiro atoms. The van der Waals surface area contributed by atoms with Crippen molar-refractivity contribution in [3.05, 3.63) is 48.4 Å². The van der Waals surface area contributed by atoms with Crippen molar-refractivity contribution in [2.75, 3.05) is 23.5 Å². The van der Waals surface area contributed by atoms with Gasteiger partial charge in [0.1, 0.15) is 23.6 Å². The highest BCUT2D eigenvalue weighted by atomic mass is 32.1. The number of aryl methyl sites for hydroxylation is 1. The Balaban J connectivity index is 1.61. The van der Waals surface area contributed by atoms with Crippen molar-refractivity contribution in [1.82, 2.24) is 19.9 Å². The number of nitrogens with two attached hydrogens (primary N) is 1. The zero-order valence-electron chi connectivity index (χ0n) is 14.7. The van der Waals surface area contributed by atoms with E-state index < -0.39 is 0 Å². The number of nitrogen functional groups attached to an aromatic ring is 1. The second kappa shape index (κ2) is 7.04. The van der Waals surface area contributed by atoms with Gasteiger partial charge in [-0.05, 0) is 37.3 Å². The van der Waals surface area contributed by atoms with Crippen molar-refractivity contribution >= 4 is 49.8 Å². The molecule has 1 aromatic carbocycles. The number of hydrogen-bond donors (Lipinski definition) is 3. The van der Waals surface area contributed by atoms with Crippen LogP contribution in [-0.2, 0) is 0 Å². The summed E-state index contributed by atoms with van der Waals surface area (Å²) in [5, 5.41) is 6.97. The molecule has 136 valence electrons. The Hall–Kier alpha value is -3.46. The van der Waals surface area contributed by atoms with Crippen molar-refractivity contribution < 1.29 is 4.74 Å². The molecule has 0 radical (unpaired) electrons.